The molecule has 162 valence electrons. The van der Waals surface area contributed by atoms with Gasteiger partial charge in [0.2, 0.25) is 11.9 Å². The Bertz CT molecular complexity index is 1230. The van der Waals surface area contributed by atoms with Gasteiger partial charge in [0.25, 0.3) is 5.89 Å². The Morgan fingerprint density at radius 2 is 1.91 bits per heavy atom. The molecule has 0 radical (unpaired) electrons. The van der Waals surface area contributed by atoms with E-state index in [1.165, 1.54) is 4.68 Å². The molecular weight excluding hydrogens is 408 g/mol. The highest BCUT2D eigenvalue weighted by Crippen LogP contribution is 2.46. The van der Waals surface area contributed by atoms with Gasteiger partial charge >= 0.3 is 0 Å². The Morgan fingerprint density at radius 3 is 2.59 bits per heavy atom. The number of carbonyl (C=O) groups is 1. The molecule has 5 rings (SSSR count). The summed E-state index contributed by atoms with van der Waals surface area (Å²) in [5.74, 6) is 1.72. The molecule has 3 N–H and O–H groups in total. The molecule has 0 aliphatic heterocycles. The predicted molar refractivity (Wildman–Crippen MR) is 116 cm³/mol. The zero-order valence-electron chi connectivity index (χ0n) is 17.5. The van der Waals surface area contributed by atoms with Crippen molar-refractivity contribution >= 4 is 11.9 Å². The molecule has 32 heavy (non-hydrogen) atoms. The molecule has 0 unspecified atom stereocenters. The number of nitrogen functional groups attached to an aromatic ring is 1. The van der Waals surface area contributed by atoms with Gasteiger partial charge in [-0.05, 0) is 29.9 Å². The van der Waals surface area contributed by atoms with E-state index in [2.05, 4.69) is 42.7 Å². The van der Waals surface area contributed by atoms with Gasteiger partial charge in [0.15, 0.2) is 5.82 Å². The Labute approximate surface area is 183 Å². The van der Waals surface area contributed by atoms with E-state index in [0.29, 0.717) is 23.2 Å². The van der Waals surface area contributed by atoms with Crippen LogP contribution in [0.3, 0.4) is 0 Å². The lowest BCUT2D eigenvalue weighted by molar-refractivity contribution is -0.121. The van der Waals surface area contributed by atoms with Gasteiger partial charge in [-0.15, -0.1) is 0 Å². The maximum Gasteiger partial charge on any atom is 0.261 e. The number of rotatable bonds is 7. The van der Waals surface area contributed by atoms with Gasteiger partial charge in [-0.2, -0.15) is 10.1 Å². The maximum absolute atomic E-state index is 11.6. The zero-order chi connectivity index (χ0) is 22.1. The second-order valence-corrected chi connectivity index (χ2v) is 7.82. The SMILES string of the molecule is CNC(=O)Cn1cc(-c2nc([C@@H](c3ccc(-c4cnc(N)nc4)cc3)C3CC3)no2)cn1. The number of hydrogen-bond acceptors (Lipinski definition) is 8. The van der Waals surface area contributed by atoms with Gasteiger partial charge in [0.1, 0.15) is 6.54 Å². The standard InChI is InChI=1S/C22H22N8O2/c1-24-18(31)12-30-11-17(10-27-30)21-28-20(29-32-21)19(15-6-7-15)14-4-2-13(3-5-14)16-8-25-22(23)26-9-16/h2-5,8-11,15,19H,6-7,12H2,1H3,(H,24,31)(H2,23,25,26)/t19-/m0/s1. The van der Waals surface area contributed by atoms with Crippen LogP contribution < -0.4 is 11.1 Å². The highest BCUT2D eigenvalue weighted by atomic mass is 16.5. The minimum Gasteiger partial charge on any atom is -0.368 e. The Hall–Kier alpha value is -4.08. The van der Waals surface area contributed by atoms with E-state index in [-0.39, 0.29) is 24.3 Å². The van der Waals surface area contributed by atoms with Crippen molar-refractivity contribution in [2.75, 3.05) is 12.8 Å². The molecule has 1 atom stereocenters. The fraction of sp³-hybridized carbons (Fsp3) is 0.273. The smallest absolute Gasteiger partial charge is 0.261 e. The monoisotopic (exact) mass is 430 g/mol. The Balaban J connectivity index is 1.38. The van der Waals surface area contributed by atoms with Gasteiger partial charge in [0.05, 0.1) is 17.7 Å². The number of hydrogen-bond donors (Lipinski definition) is 2. The molecule has 1 amide bonds. The first kappa shape index (κ1) is 19.9. The molecule has 4 aromatic rings. The molecule has 3 aromatic heterocycles. The number of nitrogens with zero attached hydrogens (tertiary/aromatic N) is 6. The Kier molecular flexibility index (Phi) is 5.10. The Morgan fingerprint density at radius 1 is 1.16 bits per heavy atom. The molecule has 0 spiro atoms. The molecule has 1 aliphatic rings. The summed E-state index contributed by atoms with van der Waals surface area (Å²) >= 11 is 0. The summed E-state index contributed by atoms with van der Waals surface area (Å²) in [6, 6.07) is 8.27. The molecule has 0 saturated heterocycles. The molecule has 1 aliphatic carbocycles. The van der Waals surface area contributed by atoms with Crippen molar-refractivity contribution in [1.29, 1.82) is 0 Å². The normalized spacial score (nSPS) is 14.3. The maximum atomic E-state index is 11.6. The van der Waals surface area contributed by atoms with Crippen LogP contribution in [0.15, 0.2) is 53.6 Å². The van der Waals surface area contributed by atoms with Crippen molar-refractivity contribution in [3.8, 4) is 22.6 Å². The molecule has 3 heterocycles. The lowest BCUT2D eigenvalue weighted by atomic mass is 9.92. The van der Waals surface area contributed by atoms with Crippen LogP contribution in [0.4, 0.5) is 5.95 Å². The largest absolute Gasteiger partial charge is 0.368 e. The first-order valence-electron chi connectivity index (χ1n) is 10.4. The van der Waals surface area contributed by atoms with Crippen molar-refractivity contribution in [3.05, 3.63) is 60.4 Å². The highest BCUT2D eigenvalue weighted by molar-refractivity contribution is 5.75. The fourth-order valence-electron chi connectivity index (χ4n) is 3.70. The minimum absolute atomic E-state index is 0.0603. The van der Waals surface area contributed by atoms with Crippen molar-refractivity contribution < 1.29 is 9.32 Å². The quantitative estimate of drug-likeness (QED) is 0.455. The van der Waals surface area contributed by atoms with E-state index in [9.17, 15) is 4.79 Å². The molecule has 10 heteroatoms. The van der Waals surface area contributed by atoms with Crippen molar-refractivity contribution in [2.24, 2.45) is 5.92 Å². The van der Waals surface area contributed by atoms with Crippen LogP contribution in [0.5, 0.6) is 0 Å². The third kappa shape index (κ3) is 4.07. The summed E-state index contributed by atoms with van der Waals surface area (Å²) < 4.78 is 7.07. The molecule has 10 nitrogen and oxygen atoms in total. The van der Waals surface area contributed by atoms with E-state index in [4.69, 9.17) is 10.3 Å². The first-order valence-corrected chi connectivity index (χ1v) is 10.4. The topological polar surface area (TPSA) is 138 Å². The molecular formula is C22H22N8O2. The lowest BCUT2D eigenvalue weighted by Crippen LogP contribution is -2.23. The number of benzene rings is 1. The van der Waals surface area contributed by atoms with Crippen LogP contribution in [0.25, 0.3) is 22.6 Å². The van der Waals surface area contributed by atoms with Crippen LogP contribution >= 0.6 is 0 Å². The van der Waals surface area contributed by atoms with E-state index < -0.39 is 0 Å². The molecule has 1 saturated carbocycles. The predicted octanol–water partition coefficient (Wildman–Crippen LogP) is 2.26. The second-order valence-electron chi connectivity index (χ2n) is 7.82. The van der Waals surface area contributed by atoms with Crippen molar-refractivity contribution in [2.45, 2.75) is 25.3 Å². The average molecular weight is 430 g/mol. The van der Waals surface area contributed by atoms with Crippen molar-refractivity contribution in [1.82, 2.24) is 35.2 Å². The molecule has 0 bridgehead atoms. The molecule has 1 aromatic carbocycles. The zero-order valence-corrected chi connectivity index (χ0v) is 17.5. The van der Waals surface area contributed by atoms with E-state index in [1.54, 1.807) is 31.8 Å². The van der Waals surface area contributed by atoms with E-state index in [1.807, 2.05) is 12.1 Å². The van der Waals surface area contributed by atoms with Crippen LogP contribution in [-0.2, 0) is 11.3 Å². The lowest BCUT2D eigenvalue weighted by Gasteiger charge is -2.13. The summed E-state index contributed by atoms with van der Waals surface area (Å²) in [7, 11) is 1.59. The van der Waals surface area contributed by atoms with Gasteiger partial charge in [-0.3, -0.25) is 9.48 Å². The summed E-state index contributed by atoms with van der Waals surface area (Å²) in [5, 5.41) is 11.0. The van der Waals surface area contributed by atoms with Crippen LogP contribution in [0.1, 0.15) is 30.1 Å². The summed E-state index contributed by atoms with van der Waals surface area (Å²) in [5.41, 5.74) is 9.32. The third-order valence-corrected chi connectivity index (χ3v) is 5.55. The number of nitrogens with two attached hydrogens (primary N) is 1. The van der Waals surface area contributed by atoms with E-state index in [0.717, 1.165) is 29.5 Å². The third-order valence-electron chi connectivity index (χ3n) is 5.55. The van der Waals surface area contributed by atoms with Crippen LogP contribution in [0, 0.1) is 5.92 Å². The number of likely N-dealkylation sites (N-methyl/N-ethyl adjacent to an activating group) is 1. The van der Waals surface area contributed by atoms with Gasteiger partial charge in [0, 0.05) is 31.2 Å². The summed E-state index contributed by atoms with van der Waals surface area (Å²) in [4.78, 5) is 24.3. The number of carbonyl (C=O) groups excluding carboxylic acids is 1. The first-order chi connectivity index (χ1) is 15.6. The van der Waals surface area contributed by atoms with Crippen LogP contribution in [0.2, 0.25) is 0 Å². The average Bonchev–Trinajstić information content (AvgIpc) is 3.33. The van der Waals surface area contributed by atoms with E-state index >= 15 is 0 Å². The number of amides is 1. The second kappa shape index (κ2) is 8.22. The highest BCUT2D eigenvalue weighted by Gasteiger charge is 2.36. The number of anilines is 1. The number of nitrogens with one attached hydrogen (secondary N) is 1. The molecule has 1 fully saturated rings. The van der Waals surface area contributed by atoms with Crippen LogP contribution in [-0.4, -0.2) is 42.8 Å². The van der Waals surface area contributed by atoms with Crippen molar-refractivity contribution in [3.63, 3.8) is 0 Å². The summed E-state index contributed by atoms with van der Waals surface area (Å²) in [6.45, 7) is 0.133. The number of aromatic nitrogens is 6. The fourth-order valence-corrected chi connectivity index (χ4v) is 3.70. The minimum atomic E-state index is -0.131. The summed E-state index contributed by atoms with van der Waals surface area (Å²) in [6.07, 6.45) is 9.03. The van der Waals surface area contributed by atoms with Gasteiger partial charge < -0.3 is 15.6 Å². The van der Waals surface area contributed by atoms with Gasteiger partial charge in [-0.1, -0.05) is 29.4 Å². The van der Waals surface area contributed by atoms with Gasteiger partial charge in [-0.25, -0.2) is 9.97 Å².